The van der Waals surface area contributed by atoms with Crippen LogP contribution in [0.1, 0.15) is 32.1 Å². The van der Waals surface area contributed by atoms with Crippen LogP contribution in [0.4, 0.5) is 0 Å². The predicted octanol–water partition coefficient (Wildman–Crippen LogP) is 2.77. The lowest BCUT2D eigenvalue weighted by Crippen LogP contribution is -2.15. The molecule has 1 rings (SSSR count). The van der Waals surface area contributed by atoms with Gasteiger partial charge in [-0.05, 0) is 38.0 Å². The molecule has 0 aromatic rings. The maximum Gasteiger partial charge on any atom is 0.0468 e. The van der Waals surface area contributed by atoms with Gasteiger partial charge in [-0.15, -0.1) is 6.58 Å². The van der Waals surface area contributed by atoms with Gasteiger partial charge < -0.3 is 4.74 Å². The molecule has 0 atom stereocenters. The van der Waals surface area contributed by atoms with Crippen molar-refractivity contribution in [3.8, 4) is 0 Å². The molecular formula is C10H18O. The molecule has 1 aliphatic heterocycles. The molecule has 1 nitrogen and oxygen atoms in total. The van der Waals surface area contributed by atoms with Crippen molar-refractivity contribution < 1.29 is 4.74 Å². The first kappa shape index (κ1) is 8.79. The van der Waals surface area contributed by atoms with E-state index in [9.17, 15) is 0 Å². The Labute approximate surface area is 69.4 Å². The predicted molar refractivity (Wildman–Crippen MR) is 47.6 cm³/mol. The van der Waals surface area contributed by atoms with Gasteiger partial charge in [-0.3, -0.25) is 0 Å². The van der Waals surface area contributed by atoms with Crippen LogP contribution in [0, 0.1) is 5.92 Å². The van der Waals surface area contributed by atoms with Crippen molar-refractivity contribution in [2.75, 3.05) is 13.2 Å². The molecular weight excluding hydrogens is 136 g/mol. The van der Waals surface area contributed by atoms with E-state index in [1.165, 1.54) is 32.1 Å². The largest absolute Gasteiger partial charge is 0.381 e. The van der Waals surface area contributed by atoms with Crippen LogP contribution in [0.3, 0.4) is 0 Å². The van der Waals surface area contributed by atoms with Crippen LogP contribution in [-0.2, 0) is 4.74 Å². The van der Waals surface area contributed by atoms with E-state index < -0.39 is 0 Å². The second-order valence-corrected chi connectivity index (χ2v) is 3.28. The Morgan fingerprint density at radius 3 is 2.73 bits per heavy atom. The highest BCUT2D eigenvalue weighted by Crippen LogP contribution is 2.20. The first-order valence-corrected chi connectivity index (χ1v) is 4.62. The smallest absolute Gasteiger partial charge is 0.0468 e. The van der Waals surface area contributed by atoms with Crippen LogP contribution in [0.15, 0.2) is 12.7 Å². The van der Waals surface area contributed by atoms with Gasteiger partial charge in [0, 0.05) is 13.2 Å². The summed E-state index contributed by atoms with van der Waals surface area (Å²) in [6.45, 7) is 5.69. The van der Waals surface area contributed by atoms with Crippen molar-refractivity contribution in [1.29, 1.82) is 0 Å². The zero-order valence-electron chi connectivity index (χ0n) is 7.22. The van der Waals surface area contributed by atoms with Crippen LogP contribution in [0.2, 0.25) is 0 Å². The van der Waals surface area contributed by atoms with Crippen LogP contribution in [0.25, 0.3) is 0 Å². The number of rotatable bonds is 4. The molecule has 1 heteroatoms. The molecule has 0 aliphatic carbocycles. The average Bonchev–Trinajstić information content (AvgIpc) is 2.07. The van der Waals surface area contributed by atoms with Gasteiger partial charge in [0.15, 0.2) is 0 Å². The van der Waals surface area contributed by atoms with Crippen molar-refractivity contribution in [2.45, 2.75) is 32.1 Å². The van der Waals surface area contributed by atoms with E-state index >= 15 is 0 Å². The molecule has 0 N–H and O–H groups in total. The second kappa shape index (κ2) is 5.36. The van der Waals surface area contributed by atoms with Crippen LogP contribution in [-0.4, -0.2) is 13.2 Å². The summed E-state index contributed by atoms with van der Waals surface area (Å²) in [5.41, 5.74) is 0. The van der Waals surface area contributed by atoms with Crippen LogP contribution >= 0.6 is 0 Å². The summed E-state index contributed by atoms with van der Waals surface area (Å²) in [5, 5.41) is 0. The lowest BCUT2D eigenvalue weighted by molar-refractivity contribution is 0.0634. The van der Waals surface area contributed by atoms with Crippen LogP contribution < -0.4 is 0 Å². The Morgan fingerprint density at radius 2 is 2.09 bits per heavy atom. The average molecular weight is 154 g/mol. The first-order valence-electron chi connectivity index (χ1n) is 4.62. The van der Waals surface area contributed by atoms with Crippen molar-refractivity contribution in [3.63, 3.8) is 0 Å². The van der Waals surface area contributed by atoms with Gasteiger partial charge in [0.25, 0.3) is 0 Å². The third-order valence-corrected chi connectivity index (χ3v) is 2.36. The van der Waals surface area contributed by atoms with E-state index in [1.54, 1.807) is 0 Å². The van der Waals surface area contributed by atoms with Gasteiger partial charge in [0.05, 0.1) is 0 Å². The molecule has 64 valence electrons. The Hall–Kier alpha value is -0.300. The molecule has 1 aliphatic rings. The Bertz CT molecular complexity index is 103. The highest BCUT2D eigenvalue weighted by Gasteiger charge is 2.12. The molecule has 1 heterocycles. The van der Waals surface area contributed by atoms with Crippen LogP contribution in [0.5, 0.6) is 0 Å². The fourth-order valence-electron chi connectivity index (χ4n) is 1.59. The summed E-state index contributed by atoms with van der Waals surface area (Å²) < 4.78 is 5.29. The number of allylic oxidation sites excluding steroid dienone is 1. The summed E-state index contributed by atoms with van der Waals surface area (Å²) in [6, 6.07) is 0. The van der Waals surface area contributed by atoms with Crippen molar-refractivity contribution in [2.24, 2.45) is 5.92 Å². The molecule has 0 radical (unpaired) electrons. The first-order chi connectivity index (χ1) is 5.43. The lowest BCUT2D eigenvalue weighted by atomic mass is 9.94. The summed E-state index contributed by atoms with van der Waals surface area (Å²) >= 11 is 0. The SMILES string of the molecule is C=CCCCC1CCOCC1. The van der Waals surface area contributed by atoms with E-state index in [4.69, 9.17) is 4.74 Å². The quantitative estimate of drug-likeness (QED) is 0.447. The molecule has 0 aromatic heterocycles. The summed E-state index contributed by atoms with van der Waals surface area (Å²) in [4.78, 5) is 0. The molecule has 0 bridgehead atoms. The van der Waals surface area contributed by atoms with Crippen molar-refractivity contribution in [1.82, 2.24) is 0 Å². The normalized spacial score (nSPS) is 20.0. The second-order valence-electron chi connectivity index (χ2n) is 3.28. The summed E-state index contributed by atoms with van der Waals surface area (Å²) in [6.07, 6.45) is 8.43. The Morgan fingerprint density at radius 1 is 1.36 bits per heavy atom. The molecule has 0 unspecified atom stereocenters. The summed E-state index contributed by atoms with van der Waals surface area (Å²) in [7, 11) is 0. The van der Waals surface area contributed by atoms with Gasteiger partial charge in [0.2, 0.25) is 0 Å². The minimum absolute atomic E-state index is 0.934. The standard InChI is InChI=1S/C10H18O/c1-2-3-4-5-10-6-8-11-9-7-10/h2,10H,1,3-9H2. The lowest BCUT2D eigenvalue weighted by Gasteiger charge is -2.21. The maximum atomic E-state index is 5.29. The zero-order chi connectivity index (χ0) is 7.94. The number of unbranched alkanes of at least 4 members (excludes halogenated alkanes) is 1. The minimum Gasteiger partial charge on any atom is -0.381 e. The molecule has 11 heavy (non-hydrogen) atoms. The van der Waals surface area contributed by atoms with Gasteiger partial charge in [-0.1, -0.05) is 6.08 Å². The van der Waals surface area contributed by atoms with Gasteiger partial charge in [-0.2, -0.15) is 0 Å². The van der Waals surface area contributed by atoms with Crippen molar-refractivity contribution in [3.05, 3.63) is 12.7 Å². The highest BCUT2D eigenvalue weighted by atomic mass is 16.5. The van der Waals surface area contributed by atoms with E-state index in [1.807, 2.05) is 6.08 Å². The summed E-state index contributed by atoms with van der Waals surface area (Å²) in [5.74, 6) is 0.934. The van der Waals surface area contributed by atoms with E-state index in [0.29, 0.717) is 0 Å². The Balaban J connectivity index is 2.00. The van der Waals surface area contributed by atoms with Gasteiger partial charge in [0.1, 0.15) is 0 Å². The fraction of sp³-hybridized carbons (Fsp3) is 0.800. The van der Waals surface area contributed by atoms with E-state index in [2.05, 4.69) is 6.58 Å². The molecule has 0 aromatic carbocycles. The monoisotopic (exact) mass is 154 g/mol. The van der Waals surface area contributed by atoms with Gasteiger partial charge in [-0.25, -0.2) is 0 Å². The third kappa shape index (κ3) is 3.57. The molecule has 0 spiro atoms. The Kier molecular flexibility index (Phi) is 4.29. The zero-order valence-corrected chi connectivity index (χ0v) is 7.22. The topological polar surface area (TPSA) is 9.23 Å². The molecule has 0 amide bonds. The van der Waals surface area contributed by atoms with Crippen molar-refractivity contribution >= 4 is 0 Å². The number of hydrogen-bond acceptors (Lipinski definition) is 1. The number of ether oxygens (including phenoxy) is 1. The molecule has 1 fully saturated rings. The maximum absolute atomic E-state index is 5.29. The van der Waals surface area contributed by atoms with E-state index in [-0.39, 0.29) is 0 Å². The fourth-order valence-corrected chi connectivity index (χ4v) is 1.59. The van der Waals surface area contributed by atoms with E-state index in [0.717, 1.165) is 19.1 Å². The minimum atomic E-state index is 0.934. The third-order valence-electron chi connectivity index (χ3n) is 2.36. The van der Waals surface area contributed by atoms with Gasteiger partial charge >= 0.3 is 0 Å². The number of hydrogen-bond donors (Lipinski definition) is 0. The highest BCUT2D eigenvalue weighted by molar-refractivity contribution is 4.69. The molecule has 1 saturated heterocycles. The molecule has 0 saturated carbocycles.